The maximum atomic E-state index is 11.8. The number of allylic oxidation sites excluding steroid dienone is 1. The van der Waals surface area contributed by atoms with E-state index in [1.165, 1.54) is 18.3 Å². The van der Waals surface area contributed by atoms with E-state index in [0.717, 1.165) is 10.0 Å². The van der Waals surface area contributed by atoms with Gasteiger partial charge < -0.3 is 5.21 Å². The molecule has 0 aliphatic heterocycles. The van der Waals surface area contributed by atoms with E-state index < -0.39 is 0 Å². The van der Waals surface area contributed by atoms with Crippen LogP contribution in [0.2, 0.25) is 0 Å². The Labute approximate surface area is 113 Å². The minimum Gasteiger partial charge on any atom is -0.618 e. The first kappa shape index (κ1) is 12.5. The predicted octanol–water partition coefficient (Wildman–Crippen LogP) is 2.98. The molecule has 0 saturated heterocycles. The molecule has 0 unspecified atom stereocenters. The van der Waals surface area contributed by atoms with Gasteiger partial charge in [0.2, 0.25) is 0 Å². The number of halogens is 1. The summed E-state index contributed by atoms with van der Waals surface area (Å²) in [4.78, 5) is 11.8. The van der Waals surface area contributed by atoms with Gasteiger partial charge in [-0.15, -0.1) is 0 Å². The third-order valence-electron chi connectivity index (χ3n) is 2.37. The van der Waals surface area contributed by atoms with Gasteiger partial charge in [0.05, 0.1) is 0 Å². The maximum absolute atomic E-state index is 11.8. The maximum Gasteiger partial charge on any atom is 0.264 e. The summed E-state index contributed by atoms with van der Waals surface area (Å²) in [6.07, 6.45) is 4.38. The normalized spacial score (nSPS) is 10.7. The summed E-state index contributed by atoms with van der Waals surface area (Å²) in [6.45, 7) is 0. The van der Waals surface area contributed by atoms with Crippen molar-refractivity contribution in [1.29, 1.82) is 0 Å². The lowest BCUT2D eigenvalue weighted by Crippen LogP contribution is -2.33. The fourth-order valence-electron chi connectivity index (χ4n) is 1.45. The third-order valence-corrected chi connectivity index (χ3v) is 2.90. The number of hydrogen-bond acceptors (Lipinski definition) is 2. The molecular weight excluding hydrogens is 294 g/mol. The molecule has 0 fully saturated rings. The minimum atomic E-state index is -0.312. The van der Waals surface area contributed by atoms with Crippen LogP contribution < -0.4 is 4.73 Å². The van der Waals surface area contributed by atoms with Crippen LogP contribution >= 0.6 is 15.9 Å². The Kier molecular flexibility index (Phi) is 3.89. The molecule has 0 bridgehead atoms. The highest BCUT2D eigenvalue weighted by molar-refractivity contribution is 9.10. The van der Waals surface area contributed by atoms with Crippen molar-refractivity contribution in [2.24, 2.45) is 0 Å². The molecule has 1 aromatic carbocycles. The fraction of sp³-hybridized carbons (Fsp3) is 0. The van der Waals surface area contributed by atoms with E-state index in [-0.39, 0.29) is 11.5 Å². The van der Waals surface area contributed by atoms with E-state index >= 15 is 0 Å². The second-order valence-corrected chi connectivity index (χ2v) is 4.58. The zero-order valence-electron chi connectivity index (χ0n) is 9.42. The molecule has 18 heavy (non-hydrogen) atoms. The second kappa shape index (κ2) is 5.60. The first-order valence-corrected chi connectivity index (χ1v) is 6.12. The summed E-state index contributed by atoms with van der Waals surface area (Å²) in [6, 6.07) is 12.3. The largest absolute Gasteiger partial charge is 0.618 e. The van der Waals surface area contributed by atoms with Crippen LogP contribution in [0, 0.1) is 5.21 Å². The average Bonchev–Trinajstić information content (AvgIpc) is 2.38. The van der Waals surface area contributed by atoms with E-state index in [1.807, 2.05) is 24.3 Å². The number of carbonyl (C=O) groups excluding carboxylic acids is 1. The first-order chi connectivity index (χ1) is 8.66. The summed E-state index contributed by atoms with van der Waals surface area (Å²) in [5, 5.41) is 11.4. The molecule has 90 valence electrons. The molecule has 0 amide bonds. The standard InChI is InChI=1S/C14H10BrNO2/c15-12-7-4-11(5-8-12)6-9-14(17)13-3-1-2-10-16(13)18/h1-10H. The lowest BCUT2D eigenvalue weighted by molar-refractivity contribution is -0.607. The van der Waals surface area contributed by atoms with Gasteiger partial charge in [0.1, 0.15) is 0 Å². The minimum absolute atomic E-state index is 0.117. The quantitative estimate of drug-likeness (QED) is 0.379. The third kappa shape index (κ3) is 3.05. The topological polar surface area (TPSA) is 44.0 Å². The zero-order chi connectivity index (χ0) is 13.0. The van der Waals surface area contributed by atoms with Crippen molar-refractivity contribution >= 4 is 27.8 Å². The number of rotatable bonds is 3. The Hall–Kier alpha value is -1.94. The summed E-state index contributed by atoms with van der Waals surface area (Å²) in [7, 11) is 0. The number of carbonyl (C=O) groups is 1. The Morgan fingerprint density at radius 2 is 1.89 bits per heavy atom. The molecule has 0 radical (unpaired) electrons. The van der Waals surface area contributed by atoms with Crippen LogP contribution in [-0.2, 0) is 0 Å². The highest BCUT2D eigenvalue weighted by Gasteiger charge is 2.10. The van der Waals surface area contributed by atoms with Gasteiger partial charge >= 0.3 is 0 Å². The molecule has 0 N–H and O–H groups in total. The summed E-state index contributed by atoms with van der Waals surface area (Å²) in [5.41, 5.74) is 1.02. The van der Waals surface area contributed by atoms with Crippen molar-refractivity contribution < 1.29 is 9.52 Å². The molecule has 0 aliphatic carbocycles. The number of benzene rings is 1. The Morgan fingerprint density at radius 3 is 2.56 bits per heavy atom. The van der Waals surface area contributed by atoms with Crippen molar-refractivity contribution in [3.05, 3.63) is 75.7 Å². The molecule has 2 aromatic rings. The van der Waals surface area contributed by atoms with Crippen LogP contribution in [0.25, 0.3) is 6.08 Å². The molecule has 4 heteroatoms. The van der Waals surface area contributed by atoms with E-state index in [9.17, 15) is 10.0 Å². The number of ketones is 1. The fourth-order valence-corrected chi connectivity index (χ4v) is 1.71. The lowest BCUT2D eigenvalue weighted by atomic mass is 10.1. The molecule has 0 aliphatic rings. The Balaban J connectivity index is 2.17. The summed E-state index contributed by atoms with van der Waals surface area (Å²) in [5.74, 6) is -0.312. The van der Waals surface area contributed by atoms with Gasteiger partial charge in [-0.25, -0.2) is 0 Å². The van der Waals surface area contributed by atoms with Crippen molar-refractivity contribution in [3.63, 3.8) is 0 Å². The van der Waals surface area contributed by atoms with E-state index in [1.54, 1.807) is 18.2 Å². The highest BCUT2D eigenvalue weighted by Crippen LogP contribution is 2.11. The molecule has 1 heterocycles. The Bertz CT molecular complexity index is 591. The van der Waals surface area contributed by atoms with Crippen LogP contribution in [0.15, 0.2) is 59.2 Å². The van der Waals surface area contributed by atoms with Crippen LogP contribution in [0.1, 0.15) is 16.1 Å². The van der Waals surface area contributed by atoms with Crippen molar-refractivity contribution in [2.75, 3.05) is 0 Å². The van der Waals surface area contributed by atoms with Crippen molar-refractivity contribution in [2.45, 2.75) is 0 Å². The summed E-state index contributed by atoms with van der Waals surface area (Å²) >= 11 is 3.34. The zero-order valence-corrected chi connectivity index (χ0v) is 11.0. The van der Waals surface area contributed by atoms with Gasteiger partial charge in [-0.2, -0.15) is 4.73 Å². The van der Waals surface area contributed by atoms with Crippen LogP contribution in [0.3, 0.4) is 0 Å². The van der Waals surface area contributed by atoms with Crippen molar-refractivity contribution in [1.82, 2.24) is 0 Å². The Morgan fingerprint density at radius 1 is 1.17 bits per heavy atom. The van der Waals surface area contributed by atoms with E-state index in [4.69, 9.17) is 0 Å². The van der Waals surface area contributed by atoms with Gasteiger partial charge in [0, 0.05) is 16.6 Å². The number of hydrogen-bond donors (Lipinski definition) is 0. The average molecular weight is 304 g/mol. The molecule has 0 spiro atoms. The SMILES string of the molecule is O=C(C=Cc1ccc(Br)cc1)c1cccc[n+]1[O-]. The first-order valence-electron chi connectivity index (χ1n) is 5.33. The number of aromatic nitrogens is 1. The smallest absolute Gasteiger partial charge is 0.264 e. The summed E-state index contributed by atoms with van der Waals surface area (Å²) < 4.78 is 1.54. The molecule has 0 saturated carbocycles. The van der Waals surface area contributed by atoms with Gasteiger partial charge in [-0.1, -0.05) is 34.1 Å². The van der Waals surface area contributed by atoms with E-state index in [2.05, 4.69) is 15.9 Å². The monoisotopic (exact) mass is 303 g/mol. The van der Waals surface area contributed by atoms with Crippen LogP contribution in [0.5, 0.6) is 0 Å². The van der Waals surface area contributed by atoms with E-state index in [0.29, 0.717) is 4.73 Å². The van der Waals surface area contributed by atoms with Crippen LogP contribution in [0.4, 0.5) is 0 Å². The molecule has 3 nitrogen and oxygen atoms in total. The highest BCUT2D eigenvalue weighted by atomic mass is 79.9. The van der Waals surface area contributed by atoms with Gasteiger partial charge in [0.25, 0.3) is 11.5 Å². The van der Waals surface area contributed by atoms with Crippen LogP contribution in [-0.4, -0.2) is 5.78 Å². The molecule has 2 rings (SSSR count). The van der Waals surface area contributed by atoms with Gasteiger partial charge in [-0.3, -0.25) is 4.79 Å². The predicted molar refractivity (Wildman–Crippen MR) is 72.9 cm³/mol. The van der Waals surface area contributed by atoms with Gasteiger partial charge in [-0.05, 0) is 29.8 Å². The van der Waals surface area contributed by atoms with Crippen molar-refractivity contribution in [3.8, 4) is 0 Å². The lowest BCUT2D eigenvalue weighted by Gasteiger charge is -1.99. The molecule has 1 aromatic heterocycles. The molecular formula is C14H10BrNO2. The van der Waals surface area contributed by atoms with Gasteiger partial charge in [0.15, 0.2) is 6.20 Å². The molecule has 0 atom stereocenters. The number of pyridine rings is 1. The second-order valence-electron chi connectivity index (χ2n) is 3.66. The number of nitrogens with zero attached hydrogens (tertiary/aromatic N) is 1.